The van der Waals surface area contributed by atoms with Gasteiger partial charge in [0.15, 0.2) is 4.21 Å². The maximum Gasteiger partial charge on any atom is 0.306 e. The molecule has 0 saturated carbocycles. The number of anilines is 2. The van der Waals surface area contributed by atoms with Crippen molar-refractivity contribution in [1.82, 2.24) is 4.98 Å². The summed E-state index contributed by atoms with van der Waals surface area (Å²) < 4.78 is 27.2. The second kappa shape index (κ2) is 5.29. The minimum Gasteiger partial charge on any atom is -0.376 e. The van der Waals surface area contributed by atoms with Crippen LogP contribution < -0.4 is 14.5 Å². The van der Waals surface area contributed by atoms with Gasteiger partial charge in [-0.3, -0.25) is 9.52 Å². The zero-order chi connectivity index (χ0) is 14.9. The molecule has 108 valence electrons. The highest BCUT2D eigenvalue weighted by molar-refractivity contribution is 7.94. The number of nitrogens with zero attached hydrogens (tertiary/aromatic N) is 1. The number of nitrogens with one attached hydrogen (secondary N) is 2. The average Bonchev–Trinajstić information content (AvgIpc) is 2.69. The lowest BCUT2D eigenvalue weighted by atomic mass is 10.2. The average molecular weight is 313 g/mol. The van der Waals surface area contributed by atoms with E-state index >= 15 is 0 Å². The molecule has 2 aromatic rings. The van der Waals surface area contributed by atoms with E-state index < -0.39 is 10.0 Å². The number of H-pyrrole nitrogens is 1. The van der Waals surface area contributed by atoms with Crippen molar-refractivity contribution < 1.29 is 8.42 Å². The Labute approximate surface area is 121 Å². The molecule has 6 nitrogen and oxygen atoms in total. The van der Waals surface area contributed by atoms with Crippen LogP contribution in [0.25, 0.3) is 0 Å². The van der Waals surface area contributed by atoms with Crippen LogP contribution in [-0.2, 0) is 10.0 Å². The summed E-state index contributed by atoms with van der Waals surface area (Å²) in [5.41, 5.74) is 1.56. The number of aryl methyl sites for hydroxylation is 1. The van der Waals surface area contributed by atoms with Crippen molar-refractivity contribution in [2.75, 3.05) is 23.7 Å². The van der Waals surface area contributed by atoms with Crippen molar-refractivity contribution >= 4 is 32.7 Å². The van der Waals surface area contributed by atoms with Crippen LogP contribution in [-0.4, -0.2) is 27.5 Å². The SMILES string of the molecule is Cc1[nH]c(=O)sc1S(=O)(=O)Nc1ccccc1N(C)C. The first kappa shape index (κ1) is 14.6. The molecule has 0 spiro atoms. The van der Waals surface area contributed by atoms with E-state index in [0.717, 1.165) is 5.69 Å². The predicted octanol–water partition coefficient (Wildman–Crippen LogP) is 1.61. The molecule has 0 bridgehead atoms. The molecule has 2 N–H and O–H groups in total. The fraction of sp³-hybridized carbons (Fsp3) is 0.250. The molecule has 2 rings (SSSR count). The van der Waals surface area contributed by atoms with Gasteiger partial charge in [-0.1, -0.05) is 23.5 Å². The summed E-state index contributed by atoms with van der Waals surface area (Å²) in [5.74, 6) is 0. The third-order valence-corrected chi connectivity index (χ3v) is 5.63. The minimum atomic E-state index is -3.77. The number of aromatic nitrogens is 1. The zero-order valence-corrected chi connectivity index (χ0v) is 12.9. The van der Waals surface area contributed by atoms with Gasteiger partial charge in [0.05, 0.1) is 11.4 Å². The van der Waals surface area contributed by atoms with Crippen molar-refractivity contribution in [3.63, 3.8) is 0 Å². The van der Waals surface area contributed by atoms with E-state index in [9.17, 15) is 13.2 Å². The van der Waals surface area contributed by atoms with Gasteiger partial charge in [0.25, 0.3) is 10.0 Å². The van der Waals surface area contributed by atoms with Crippen LogP contribution in [0.3, 0.4) is 0 Å². The highest BCUT2D eigenvalue weighted by Gasteiger charge is 2.21. The molecule has 1 aromatic carbocycles. The molecule has 0 atom stereocenters. The third kappa shape index (κ3) is 2.86. The number of thiazole rings is 1. The molecule has 0 aliphatic carbocycles. The van der Waals surface area contributed by atoms with Crippen molar-refractivity contribution in [3.05, 3.63) is 39.6 Å². The van der Waals surface area contributed by atoms with Gasteiger partial charge >= 0.3 is 4.87 Å². The smallest absolute Gasteiger partial charge is 0.306 e. The van der Waals surface area contributed by atoms with E-state index in [1.54, 1.807) is 19.1 Å². The summed E-state index contributed by atoms with van der Waals surface area (Å²) in [4.78, 5) is 15.1. The van der Waals surface area contributed by atoms with Crippen LogP contribution >= 0.6 is 11.3 Å². The summed E-state index contributed by atoms with van der Waals surface area (Å²) in [6.07, 6.45) is 0. The molecular formula is C12H15N3O3S2. The molecule has 0 radical (unpaired) electrons. The number of benzene rings is 1. The summed E-state index contributed by atoms with van der Waals surface area (Å²) in [5, 5.41) is 0. The second-order valence-electron chi connectivity index (χ2n) is 4.44. The van der Waals surface area contributed by atoms with Crippen LogP contribution in [0.5, 0.6) is 0 Å². The Balaban J connectivity index is 2.44. The van der Waals surface area contributed by atoms with E-state index in [0.29, 0.717) is 22.7 Å². The van der Waals surface area contributed by atoms with Gasteiger partial charge in [0.1, 0.15) is 0 Å². The molecular weight excluding hydrogens is 298 g/mol. The maximum atomic E-state index is 12.3. The summed E-state index contributed by atoms with van der Waals surface area (Å²) in [6.45, 7) is 1.56. The monoisotopic (exact) mass is 313 g/mol. The number of hydrogen-bond donors (Lipinski definition) is 2. The van der Waals surface area contributed by atoms with Crippen LogP contribution in [0.4, 0.5) is 11.4 Å². The van der Waals surface area contributed by atoms with Crippen LogP contribution in [0.15, 0.2) is 33.3 Å². The third-order valence-electron chi connectivity index (χ3n) is 2.66. The van der Waals surface area contributed by atoms with Crippen LogP contribution in [0, 0.1) is 6.92 Å². The number of hydrogen-bond acceptors (Lipinski definition) is 5. The lowest BCUT2D eigenvalue weighted by Gasteiger charge is -2.18. The molecule has 8 heteroatoms. The molecule has 1 heterocycles. The Morgan fingerprint density at radius 1 is 1.25 bits per heavy atom. The van der Waals surface area contributed by atoms with Crippen molar-refractivity contribution in [3.8, 4) is 0 Å². The van der Waals surface area contributed by atoms with Gasteiger partial charge < -0.3 is 9.88 Å². The highest BCUT2D eigenvalue weighted by Crippen LogP contribution is 2.27. The van der Waals surface area contributed by atoms with E-state index in [2.05, 4.69) is 9.71 Å². The Kier molecular flexibility index (Phi) is 3.87. The van der Waals surface area contributed by atoms with E-state index in [4.69, 9.17) is 0 Å². The zero-order valence-electron chi connectivity index (χ0n) is 11.3. The molecule has 0 aliphatic rings. The van der Waals surface area contributed by atoms with Crippen molar-refractivity contribution in [2.24, 2.45) is 0 Å². The Bertz CT molecular complexity index is 775. The first-order valence-electron chi connectivity index (χ1n) is 5.80. The fourth-order valence-corrected chi connectivity index (χ4v) is 4.16. The fourth-order valence-electron chi connectivity index (χ4n) is 1.79. The molecule has 0 aliphatic heterocycles. The summed E-state index contributed by atoms with van der Waals surface area (Å²) in [7, 11) is -0.116. The predicted molar refractivity (Wildman–Crippen MR) is 81.3 cm³/mol. The maximum absolute atomic E-state index is 12.3. The van der Waals surface area contributed by atoms with E-state index in [1.807, 2.05) is 31.1 Å². The van der Waals surface area contributed by atoms with Gasteiger partial charge in [-0.25, -0.2) is 8.42 Å². The summed E-state index contributed by atoms with van der Waals surface area (Å²) >= 11 is 0.680. The van der Waals surface area contributed by atoms with Gasteiger partial charge in [-0.2, -0.15) is 0 Å². The Morgan fingerprint density at radius 3 is 2.45 bits per heavy atom. The van der Waals surface area contributed by atoms with Crippen molar-refractivity contribution in [2.45, 2.75) is 11.1 Å². The second-order valence-corrected chi connectivity index (χ2v) is 7.30. The van der Waals surface area contributed by atoms with E-state index in [-0.39, 0.29) is 9.08 Å². The molecule has 0 saturated heterocycles. The molecule has 0 amide bonds. The molecule has 0 fully saturated rings. The number of para-hydroxylation sites is 2. The molecule has 1 aromatic heterocycles. The topological polar surface area (TPSA) is 82.3 Å². The highest BCUT2D eigenvalue weighted by atomic mass is 32.2. The lowest BCUT2D eigenvalue weighted by molar-refractivity contribution is 0.602. The normalized spacial score (nSPS) is 11.3. The molecule has 20 heavy (non-hydrogen) atoms. The minimum absolute atomic E-state index is 0.0102. The van der Waals surface area contributed by atoms with Gasteiger partial charge in [0.2, 0.25) is 0 Å². The van der Waals surface area contributed by atoms with Gasteiger partial charge in [-0.15, -0.1) is 0 Å². The first-order chi connectivity index (χ1) is 9.31. The van der Waals surface area contributed by atoms with Crippen LogP contribution in [0.2, 0.25) is 0 Å². The quantitative estimate of drug-likeness (QED) is 0.898. The van der Waals surface area contributed by atoms with Crippen molar-refractivity contribution in [1.29, 1.82) is 0 Å². The van der Waals surface area contributed by atoms with Crippen LogP contribution in [0.1, 0.15) is 5.69 Å². The number of sulfonamides is 1. The largest absolute Gasteiger partial charge is 0.376 e. The van der Waals surface area contributed by atoms with Gasteiger partial charge in [-0.05, 0) is 19.1 Å². The lowest BCUT2D eigenvalue weighted by Crippen LogP contribution is -2.17. The Morgan fingerprint density at radius 2 is 1.90 bits per heavy atom. The number of rotatable bonds is 4. The standard InChI is InChI=1S/C12H15N3O3S2/c1-8-11(19-12(16)13-8)20(17,18)14-9-6-4-5-7-10(9)15(2)3/h4-7,14H,1-3H3,(H,13,16). The van der Waals surface area contributed by atoms with Gasteiger partial charge in [0, 0.05) is 19.8 Å². The molecule has 0 unspecified atom stereocenters. The number of aromatic amines is 1. The first-order valence-corrected chi connectivity index (χ1v) is 8.10. The summed E-state index contributed by atoms with van der Waals surface area (Å²) in [6, 6.07) is 7.06. The van der Waals surface area contributed by atoms with E-state index in [1.165, 1.54) is 0 Å². The Hall–Kier alpha value is -1.80.